The van der Waals surface area contributed by atoms with Crippen molar-refractivity contribution < 1.29 is 0 Å². The molecule has 0 saturated carbocycles. The lowest BCUT2D eigenvalue weighted by Gasteiger charge is -2.44. The molecule has 0 aliphatic rings. The van der Waals surface area contributed by atoms with Crippen LogP contribution in [0.3, 0.4) is 0 Å². The highest BCUT2D eigenvalue weighted by atomic mass is 32.5. The van der Waals surface area contributed by atoms with E-state index in [-0.39, 0.29) is 10.3 Å². The molecule has 0 nitrogen and oxygen atoms in total. The van der Waals surface area contributed by atoms with E-state index in [0.717, 1.165) is 0 Å². The lowest BCUT2D eigenvalue weighted by atomic mass is 10.3. The van der Waals surface area contributed by atoms with Gasteiger partial charge in [-0.05, 0) is 34.8 Å². The van der Waals surface area contributed by atoms with Crippen molar-refractivity contribution in [3.63, 3.8) is 0 Å². The molecule has 0 fully saturated rings. The molecule has 1 unspecified atom stereocenters. The molecule has 0 aromatic carbocycles. The van der Waals surface area contributed by atoms with Crippen LogP contribution in [0, 0.1) is 0 Å². The monoisotopic (exact) mass is 356 g/mol. The average Bonchev–Trinajstić information content (AvgIpc) is 1.92. The maximum absolute atomic E-state index is 6.31. The van der Waals surface area contributed by atoms with Gasteiger partial charge in [0.25, 0.3) is 0 Å². The van der Waals surface area contributed by atoms with E-state index in [2.05, 4.69) is 67.8 Å². The van der Waals surface area contributed by atoms with Crippen molar-refractivity contribution in [1.82, 2.24) is 0 Å². The Bertz CT molecular complexity index is 409. The molecule has 19 heavy (non-hydrogen) atoms. The minimum absolute atomic E-state index is 0.247. The van der Waals surface area contributed by atoms with Gasteiger partial charge in [0.15, 0.2) is 0 Å². The van der Waals surface area contributed by atoms with Gasteiger partial charge in [0.05, 0.1) is 0 Å². The number of hydrogen-bond donors (Lipinski definition) is 0. The first-order valence-electron chi connectivity index (χ1n) is 7.06. The smallest absolute Gasteiger partial charge is 0.0494 e. The third-order valence-electron chi connectivity index (χ3n) is 3.87. The second-order valence-electron chi connectivity index (χ2n) is 9.19. The summed E-state index contributed by atoms with van der Waals surface area (Å²) in [4.78, 5) is 0. The lowest BCUT2D eigenvalue weighted by molar-refractivity contribution is 0.775. The molecule has 5 heteroatoms. The summed E-state index contributed by atoms with van der Waals surface area (Å²) in [7, 11) is -1.14. The van der Waals surface area contributed by atoms with Gasteiger partial charge in [-0.15, -0.1) is 0 Å². The Balaban J connectivity index is 5.58. The molecular weight excluding hydrogens is 322 g/mol. The minimum Gasteiger partial charge on any atom is -0.0968 e. The average molecular weight is 357 g/mol. The van der Waals surface area contributed by atoms with Crippen LogP contribution in [-0.2, 0) is 23.6 Å². The van der Waals surface area contributed by atoms with Gasteiger partial charge in [0, 0.05) is 14.0 Å². The van der Waals surface area contributed by atoms with Crippen LogP contribution in [0.5, 0.6) is 0 Å². The normalized spacial score (nSPS) is 20.7. The van der Waals surface area contributed by atoms with Crippen LogP contribution in [0.2, 0.25) is 19.6 Å². The second-order valence-corrected chi connectivity index (χ2v) is 27.9. The predicted molar refractivity (Wildman–Crippen MR) is 107 cm³/mol. The third kappa shape index (κ3) is 6.03. The van der Waals surface area contributed by atoms with E-state index in [4.69, 9.17) is 23.6 Å². The van der Waals surface area contributed by atoms with E-state index in [1.54, 1.807) is 0 Å². The molecule has 0 heterocycles. The van der Waals surface area contributed by atoms with Gasteiger partial charge in [-0.25, -0.2) is 0 Å². The molecule has 0 aliphatic heterocycles. The highest BCUT2D eigenvalue weighted by Crippen LogP contribution is 2.71. The Morgan fingerprint density at radius 3 is 1.42 bits per heavy atom. The van der Waals surface area contributed by atoms with Gasteiger partial charge in [-0.1, -0.05) is 84.8 Å². The van der Waals surface area contributed by atoms with Crippen LogP contribution in [0.1, 0.15) is 41.5 Å². The van der Waals surface area contributed by atoms with E-state index in [1.807, 2.05) is 0 Å². The molecule has 0 bridgehead atoms. The molecule has 0 rings (SSSR count). The highest BCUT2D eigenvalue weighted by Gasteiger charge is 2.41. The largest absolute Gasteiger partial charge is 0.0968 e. The Morgan fingerprint density at radius 1 is 0.842 bits per heavy atom. The molecule has 0 amide bonds. The van der Waals surface area contributed by atoms with Gasteiger partial charge < -0.3 is 0 Å². The van der Waals surface area contributed by atoms with E-state index in [0.29, 0.717) is 0 Å². The zero-order valence-corrected chi connectivity index (χ0v) is 19.0. The summed E-state index contributed by atoms with van der Waals surface area (Å²) in [5, 5.41) is 0.505. The van der Waals surface area contributed by atoms with Crippen molar-refractivity contribution in [2.45, 2.75) is 71.5 Å². The van der Waals surface area contributed by atoms with Crippen molar-refractivity contribution in [3.05, 3.63) is 0 Å². The molecule has 0 aliphatic carbocycles. The number of rotatable bonds is 4. The molecule has 0 saturated heterocycles. The Hall–Kier alpha value is 1.52. The van der Waals surface area contributed by atoms with Crippen LogP contribution in [0.25, 0.3) is 0 Å². The first kappa shape index (κ1) is 20.5. The molecule has 0 aromatic heterocycles. The summed E-state index contributed by atoms with van der Waals surface area (Å²) >= 11 is 12.4. The summed E-state index contributed by atoms with van der Waals surface area (Å²) in [5.41, 5.74) is 0. The van der Waals surface area contributed by atoms with Crippen molar-refractivity contribution in [2.24, 2.45) is 0 Å². The van der Waals surface area contributed by atoms with Gasteiger partial charge in [-0.3, -0.25) is 0 Å². The second kappa shape index (κ2) is 5.96. The molecular formula is C14H34P2S2Si. The maximum atomic E-state index is 6.31. The third-order valence-corrected chi connectivity index (χ3v) is 25.5. The van der Waals surface area contributed by atoms with Crippen LogP contribution in [-0.4, -0.2) is 36.7 Å². The van der Waals surface area contributed by atoms with Gasteiger partial charge in [0.2, 0.25) is 0 Å². The van der Waals surface area contributed by atoms with Crippen LogP contribution in [0.4, 0.5) is 0 Å². The first-order chi connectivity index (χ1) is 7.91. The van der Waals surface area contributed by atoms with Crippen molar-refractivity contribution in [1.29, 1.82) is 0 Å². The van der Waals surface area contributed by atoms with E-state index < -0.39 is 20.1 Å². The molecule has 2 atom stereocenters. The quantitative estimate of drug-likeness (QED) is 0.447. The molecule has 0 aromatic rings. The fraction of sp³-hybridized carbons (Fsp3) is 1.00. The zero-order chi connectivity index (χ0) is 15.9. The summed E-state index contributed by atoms with van der Waals surface area (Å²) in [6, 6.07) is -2.78. The Morgan fingerprint density at radius 2 is 1.21 bits per heavy atom. The van der Waals surface area contributed by atoms with Crippen molar-refractivity contribution in [3.8, 4) is 0 Å². The Kier molecular flexibility index (Phi) is 6.43. The van der Waals surface area contributed by atoms with E-state index >= 15 is 0 Å². The molecule has 116 valence electrons. The lowest BCUT2D eigenvalue weighted by Crippen LogP contribution is -2.33. The maximum Gasteiger partial charge on any atom is 0.0494 e. The van der Waals surface area contributed by atoms with Crippen molar-refractivity contribution >= 4 is 43.8 Å². The van der Waals surface area contributed by atoms with Crippen molar-refractivity contribution in [2.75, 3.05) is 18.4 Å². The molecule has 0 spiro atoms. The minimum atomic E-state index is -1.40. The van der Waals surface area contributed by atoms with Crippen LogP contribution >= 0.6 is 12.1 Å². The van der Waals surface area contributed by atoms with E-state index in [1.165, 1.54) is 11.7 Å². The standard InChI is InChI=1S/C14H34P2S2Si/c1-13(2,3)15(7,17)11-16(18,14(4,5)6)12-19(8,9)10/h11-12H2,1-10H3/t15?,16-/m1/s1. The van der Waals surface area contributed by atoms with Crippen LogP contribution < -0.4 is 0 Å². The SMILES string of the molecule is CC(C)(C)P(C)(=S)C[P@@](=S)(C[Si](C)(C)C)C(C)(C)C. The number of hydrogen-bond acceptors (Lipinski definition) is 2. The topological polar surface area (TPSA) is 0 Å². The van der Waals surface area contributed by atoms with Crippen LogP contribution in [0.15, 0.2) is 0 Å². The fourth-order valence-corrected chi connectivity index (χ4v) is 26.1. The van der Waals surface area contributed by atoms with E-state index in [9.17, 15) is 0 Å². The zero-order valence-electron chi connectivity index (χ0n) is 14.6. The summed E-state index contributed by atoms with van der Waals surface area (Å²) < 4.78 is 0. The Labute approximate surface area is 133 Å². The van der Waals surface area contributed by atoms with Gasteiger partial charge in [0.1, 0.15) is 0 Å². The predicted octanol–water partition coefficient (Wildman–Crippen LogP) is 6.01. The first-order valence-corrected chi connectivity index (χ1v) is 17.4. The summed E-state index contributed by atoms with van der Waals surface area (Å²) in [5.74, 6) is 2.48. The van der Waals surface area contributed by atoms with Gasteiger partial charge >= 0.3 is 0 Å². The van der Waals surface area contributed by atoms with Gasteiger partial charge in [-0.2, -0.15) is 0 Å². The highest BCUT2D eigenvalue weighted by molar-refractivity contribution is 8.25. The molecule has 0 N–H and O–H groups in total. The summed E-state index contributed by atoms with van der Waals surface area (Å²) in [6.45, 7) is 23.7. The summed E-state index contributed by atoms with van der Waals surface area (Å²) in [6.07, 6.45) is 0. The fourth-order valence-electron chi connectivity index (χ4n) is 1.91. The molecule has 0 radical (unpaired) electrons.